The lowest BCUT2D eigenvalue weighted by atomic mass is 10.0. The van der Waals surface area contributed by atoms with Crippen LogP contribution >= 0.6 is 0 Å². The molecule has 2 aromatic carbocycles. The molecule has 0 aliphatic carbocycles. The van der Waals surface area contributed by atoms with Crippen LogP contribution in [0, 0.1) is 5.82 Å². The quantitative estimate of drug-likeness (QED) is 0.675. The molecule has 3 rings (SSSR count). The Morgan fingerprint density at radius 3 is 2.67 bits per heavy atom. The van der Waals surface area contributed by atoms with Gasteiger partial charge in [0, 0.05) is 17.3 Å². The number of aromatic amines is 1. The minimum Gasteiger partial charge on any atom is -0.391 e. The highest BCUT2D eigenvalue weighted by Gasteiger charge is 2.19. The molecule has 0 saturated heterocycles. The van der Waals surface area contributed by atoms with Crippen LogP contribution in [0.1, 0.15) is 23.0 Å². The minimum absolute atomic E-state index is 0.272. The van der Waals surface area contributed by atoms with E-state index >= 15 is 0 Å². The Labute approximate surface area is 139 Å². The van der Waals surface area contributed by atoms with E-state index in [9.17, 15) is 14.3 Å². The normalized spacial score (nSPS) is 13.6. The smallest absolute Gasteiger partial charge is 0.268 e. The van der Waals surface area contributed by atoms with Gasteiger partial charge >= 0.3 is 0 Å². The second-order valence-corrected chi connectivity index (χ2v) is 5.90. The zero-order valence-corrected chi connectivity index (χ0v) is 13.3. The number of hydrogen-bond donors (Lipinski definition) is 3. The number of amides is 1. The van der Waals surface area contributed by atoms with Crippen molar-refractivity contribution >= 4 is 16.8 Å². The largest absolute Gasteiger partial charge is 0.391 e. The van der Waals surface area contributed by atoms with E-state index in [1.807, 2.05) is 30.3 Å². The van der Waals surface area contributed by atoms with Gasteiger partial charge in [0.05, 0.1) is 12.1 Å². The molecule has 0 aliphatic heterocycles. The maximum absolute atomic E-state index is 13.7. The Hall–Kier alpha value is -2.66. The van der Waals surface area contributed by atoms with Crippen molar-refractivity contribution in [2.24, 2.45) is 0 Å². The molecule has 0 bridgehead atoms. The molecule has 0 fully saturated rings. The Kier molecular flexibility index (Phi) is 4.62. The number of aliphatic hydroxyl groups excluding tert-OH is 1. The fourth-order valence-corrected chi connectivity index (χ4v) is 2.65. The van der Waals surface area contributed by atoms with E-state index in [-0.39, 0.29) is 17.4 Å². The van der Waals surface area contributed by atoms with E-state index in [4.69, 9.17) is 0 Å². The van der Waals surface area contributed by atoms with Crippen molar-refractivity contribution in [3.8, 4) is 0 Å². The van der Waals surface area contributed by atoms with Gasteiger partial charge in [-0.15, -0.1) is 0 Å². The van der Waals surface area contributed by atoms with Crippen molar-refractivity contribution < 1.29 is 14.3 Å². The Morgan fingerprint density at radius 2 is 1.96 bits per heavy atom. The third-order valence-corrected chi connectivity index (χ3v) is 4.08. The first-order valence-corrected chi connectivity index (χ1v) is 7.84. The van der Waals surface area contributed by atoms with Crippen LogP contribution < -0.4 is 5.32 Å². The number of fused-ring (bicyclic) bond motifs is 1. The van der Waals surface area contributed by atoms with E-state index in [0.29, 0.717) is 17.3 Å². The zero-order valence-electron chi connectivity index (χ0n) is 13.3. The molecule has 0 spiro atoms. The summed E-state index contributed by atoms with van der Waals surface area (Å²) in [6.45, 7) is 1.74. The first-order chi connectivity index (χ1) is 11.5. The van der Waals surface area contributed by atoms with E-state index in [1.54, 1.807) is 19.1 Å². The highest BCUT2D eigenvalue weighted by Crippen LogP contribution is 2.18. The maximum Gasteiger partial charge on any atom is 0.268 e. The molecule has 3 aromatic rings. The summed E-state index contributed by atoms with van der Waals surface area (Å²) < 4.78 is 13.7. The second-order valence-electron chi connectivity index (χ2n) is 5.90. The van der Waals surface area contributed by atoms with Crippen molar-refractivity contribution in [3.63, 3.8) is 0 Å². The van der Waals surface area contributed by atoms with E-state index in [0.717, 1.165) is 5.56 Å². The summed E-state index contributed by atoms with van der Waals surface area (Å²) in [6.07, 6.45) is -0.263. The SMILES string of the molecule is CC(NC(=O)c1cc2c(F)cccc2[nH]1)C(O)Cc1ccccc1. The molecule has 0 aliphatic rings. The van der Waals surface area contributed by atoms with Gasteiger partial charge in [0.15, 0.2) is 0 Å². The van der Waals surface area contributed by atoms with Crippen molar-refractivity contribution in [1.29, 1.82) is 0 Å². The molecule has 3 N–H and O–H groups in total. The fraction of sp³-hybridized carbons (Fsp3) is 0.211. The molecule has 124 valence electrons. The molecule has 0 saturated carbocycles. The van der Waals surface area contributed by atoms with Gasteiger partial charge in [-0.05, 0) is 30.7 Å². The van der Waals surface area contributed by atoms with Crippen LogP contribution in [-0.2, 0) is 6.42 Å². The van der Waals surface area contributed by atoms with Gasteiger partial charge in [-0.25, -0.2) is 4.39 Å². The number of benzene rings is 2. The zero-order chi connectivity index (χ0) is 17.1. The summed E-state index contributed by atoms with van der Waals surface area (Å²) in [5.74, 6) is -0.745. The van der Waals surface area contributed by atoms with Gasteiger partial charge < -0.3 is 15.4 Å². The summed E-state index contributed by atoms with van der Waals surface area (Å²) in [6, 6.07) is 15.3. The van der Waals surface area contributed by atoms with E-state index in [1.165, 1.54) is 12.1 Å². The van der Waals surface area contributed by atoms with Gasteiger partial charge in [0.25, 0.3) is 5.91 Å². The molecule has 1 amide bonds. The Bertz CT molecular complexity index is 845. The van der Waals surface area contributed by atoms with Crippen LogP contribution in [0.15, 0.2) is 54.6 Å². The predicted octanol–water partition coefficient (Wildman–Crippen LogP) is 3.03. The van der Waals surface area contributed by atoms with Crippen molar-refractivity contribution in [2.45, 2.75) is 25.5 Å². The van der Waals surface area contributed by atoms with Gasteiger partial charge in [0.2, 0.25) is 0 Å². The van der Waals surface area contributed by atoms with Gasteiger partial charge in [-0.2, -0.15) is 0 Å². The van der Waals surface area contributed by atoms with Crippen LogP contribution in [0.25, 0.3) is 10.9 Å². The van der Waals surface area contributed by atoms with Crippen LogP contribution in [0.5, 0.6) is 0 Å². The summed E-state index contributed by atoms with van der Waals surface area (Å²) in [5, 5.41) is 13.4. The summed E-state index contributed by atoms with van der Waals surface area (Å²) in [7, 11) is 0. The highest BCUT2D eigenvalue weighted by molar-refractivity contribution is 5.98. The van der Waals surface area contributed by atoms with E-state index < -0.39 is 12.1 Å². The van der Waals surface area contributed by atoms with Gasteiger partial charge in [-0.3, -0.25) is 4.79 Å². The standard InChI is InChI=1S/C19H19FN2O2/c1-12(18(23)10-13-6-3-2-4-7-13)21-19(24)17-11-14-15(20)8-5-9-16(14)22-17/h2-9,11-12,18,22-23H,10H2,1H3,(H,21,24). The maximum atomic E-state index is 13.7. The number of nitrogens with one attached hydrogen (secondary N) is 2. The van der Waals surface area contributed by atoms with Crippen molar-refractivity contribution in [2.75, 3.05) is 0 Å². The van der Waals surface area contributed by atoms with Crippen LogP contribution in [0.4, 0.5) is 4.39 Å². The number of H-pyrrole nitrogens is 1. The Balaban J connectivity index is 1.67. The number of carbonyl (C=O) groups excluding carboxylic acids is 1. The third kappa shape index (κ3) is 3.46. The number of carbonyl (C=O) groups is 1. The second kappa shape index (κ2) is 6.84. The topological polar surface area (TPSA) is 65.1 Å². The third-order valence-electron chi connectivity index (χ3n) is 4.08. The van der Waals surface area contributed by atoms with Crippen LogP contribution in [-0.4, -0.2) is 28.1 Å². The lowest BCUT2D eigenvalue weighted by molar-refractivity contribution is 0.0848. The van der Waals surface area contributed by atoms with Gasteiger partial charge in [0.1, 0.15) is 11.5 Å². The number of halogens is 1. The molecule has 1 heterocycles. The molecule has 4 nitrogen and oxygen atoms in total. The number of aromatic nitrogens is 1. The van der Waals surface area contributed by atoms with Crippen molar-refractivity contribution in [1.82, 2.24) is 10.3 Å². The van der Waals surface area contributed by atoms with Gasteiger partial charge in [-0.1, -0.05) is 36.4 Å². The van der Waals surface area contributed by atoms with Crippen LogP contribution in [0.2, 0.25) is 0 Å². The summed E-state index contributed by atoms with van der Waals surface area (Å²) >= 11 is 0. The number of rotatable bonds is 5. The average molecular weight is 326 g/mol. The molecular formula is C19H19FN2O2. The molecular weight excluding hydrogens is 307 g/mol. The first kappa shape index (κ1) is 16.2. The molecule has 1 aromatic heterocycles. The lowest BCUT2D eigenvalue weighted by Gasteiger charge is -2.20. The number of hydrogen-bond acceptors (Lipinski definition) is 2. The number of aliphatic hydroxyl groups is 1. The monoisotopic (exact) mass is 326 g/mol. The van der Waals surface area contributed by atoms with Crippen molar-refractivity contribution in [3.05, 3.63) is 71.7 Å². The lowest BCUT2D eigenvalue weighted by Crippen LogP contribution is -2.42. The predicted molar refractivity (Wildman–Crippen MR) is 91.3 cm³/mol. The Morgan fingerprint density at radius 1 is 1.21 bits per heavy atom. The minimum atomic E-state index is -0.711. The first-order valence-electron chi connectivity index (χ1n) is 7.84. The molecule has 2 atom stereocenters. The molecule has 2 unspecified atom stereocenters. The van der Waals surface area contributed by atoms with Crippen LogP contribution in [0.3, 0.4) is 0 Å². The van der Waals surface area contributed by atoms with E-state index in [2.05, 4.69) is 10.3 Å². The summed E-state index contributed by atoms with van der Waals surface area (Å²) in [5.41, 5.74) is 1.84. The molecule has 24 heavy (non-hydrogen) atoms. The average Bonchev–Trinajstić information content (AvgIpc) is 3.01. The summed E-state index contributed by atoms with van der Waals surface area (Å²) in [4.78, 5) is 15.2. The highest BCUT2D eigenvalue weighted by atomic mass is 19.1. The molecule has 0 radical (unpaired) electrons. The fourth-order valence-electron chi connectivity index (χ4n) is 2.65. The molecule has 5 heteroatoms.